The zero-order valence-corrected chi connectivity index (χ0v) is 10.9. The van der Waals surface area contributed by atoms with E-state index in [4.69, 9.17) is 5.73 Å². The van der Waals surface area contributed by atoms with Gasteiger partial charge in [-0.1, -0.05) is 24.3 Å². The Morgan fingerprint density at radius 3 is 2.56 bits per heavy atom. The molecule has 0 spiro atoms. The van der Waals surface area contributed by atoms with Crippen LogP contribution in [0.2, 0.25) is 0 Å². The van der Waals surface area contributed by atoms with E-state index in [1.165, 1.54) is 12.5 Å². The summed E-state index contributed by atoms with van der Waals surface area (Å²) in [5.41, 5.74) is 7.43. The molecule has 1 aromatic rings. The molecule has 4 heteroatoms. The number of nitrogens with two attached hydrogens (primary N) is 1. The van der Waals surface area contributed by atoms with Gasteiger partial charge in [0.1, 0.15) is 5.78 Å². The van der Waals surface area contributed by atoms with Crippen molar-refractivity contribution in [2.75, 3.05) is 0 Å². The zero-order valence-electron chi connectivity index (χ0n) is 10.9. The Morgan fingerprint density at radius 1 is 1.33 bits per heavy atom. The van der Waals surface area contributed by atoms with Crippen molar-refractivity contribution in [2.45, 2.75) is 39.3 Å². The first-order valence-corrected chi connectivity index (χ1v) is 6.07. The molecule has 0 bridgehead atoms. The van der Waals surface area contributed by atoms with Crippen molar-refractivity contribution in [3.8, 4) is 0 Å². The Morgan fingerprint density at radius 2 is 2.00 bits per heavy atom. The van der Waals surface area contributed by atoms with E-state index in [1.807, 2.05) is 31.2 Å². The summed E-state index contributed by atoms with van der Waals surface area (Å²) in [6.07, 6.45) is 0.682. The maximum Gasteiger partial charge on any atom is 0.217 e. The highest BCUT2D eigenvalue weighted by Gasteiger charge is 2.14. The summed E-state index contributed by atoms with van der Waals surface area (Å²) in [6.45, 7) is 4.18. The number of hydrogen-bond donors (Lipinski definition) is 2. The van der Waals surface area contributed by atoms with E-state index < -0.39 is 0 Å². The molecule has 4 nitrogen and oxygen atoms in total. The first kappa shape index (κ1) is 14.4. The first-order chi connectivity index (χ1) is 8.50. The van der Waals surface area contributed by atoms with Crippen LogP contribution in [0.1, 0.15) is 30.9 Å². The summed E-state index contributed by atoms with van der Waals surface area (Å²) in [7, 11) is 0. The molecule has 1 rings (SSSR count). The quantitative estimate of drug-likeness (QED) is 0.764. The first-order valence-electron chi connectivity index (χ1n) is 6.07. The van der Waals surface area contributed by atoms with Crippen LogP contribution in [-0.2, 0) is 16.1 Å². The number of aryl methyl sites for hydroxylation is 1. The van der Waals surface area contributed by atoms with Gasteiger partial charge in [-0.2, -0.15) is 0 Å². The zero-order chi connectivity index (χ0) is 13.5. The summed E-state index contributed by atoms with van der Waals surface area (Å²) in [5.74, 6) is -0.344. The molecule has 1 amide bonds. The highest BCUT2D eigenvalue weighted by molar-refractivity contribution is 5.82. The molecule has 0 saturated carbocycles. The molecule has 0 fully saturated rings. The van der Waals surface area contributed by atoms with Crippen molar-refractivity contribution in [2.24, 2.45) is 5.73 Å². The van der Waals surface area contributed by atoms with Gasteiger partial charge in [0.15, 0.2) is 0 Å². The van der Waals surface area contributed by atoms with Gasteiger partial charge < -0.3 is 11.1 Å². The maximum absolute atomic E-state index is 11.4. The van der Waals surface area contributed by atoms with Crippen LogP contribution in [0.25, 0.3) is 0 Å². The van der Waals surface area contributed by atoms with Gasteiger partial charge in [-0.3, -0.25) is 9.59 Å². The number of benzene rings is 1. The van der Waals surface area contributed by atoms with Crippen LogP contribution in [-0.4, -0.2) is 17.7 Å². The van der Waals surface area contributed by atoms with Gasteiger partial charge in [-0.05, 0) is 31.4 Å². The molecule has 0 radical (unpaired) electrons. The smallest absolute Gasteiger partial charge is 0.217 e. The van der Waals surface area contributed by atoms with Crippen LogP contribution in [0, 0.1) is 6.92 Å². The molecule has 98 valence electrons. The minimum absolute atomic E-state index is 0.0323. The Labute approximate surface area is 108 Å². The van der Waals surface area contributed by atoms with Gasteiger partial charge in [-0.25, -0.2) is 0 Å². The van der Waals surface area contributed by atoms with E-state index in [0.29, 0.717) is 13.0 Å². The van der Waals surface area contributed by atoms with Crippen molar-refractivity contribution in [3.05, 3.63) is 35.4 Å². The van der Waals surface area contributed by atoms with Gasteiger partial charge in [0.25, 0.3) is 0 Å². The highest BCUT2D eigenvalue weighted by Crippen LogP contribution is 2.08. The molecule has 0 unspecified atom stereocenters. The number of amides is 1. The molecule has 0 aromatic heterocycles. The molecule has 0 aliphatic heterocycles. The molecule has 18 heavy (non-hydrogen) atoms. The molecular formula is C14H20N2O2. The lowest BCUT2D eigenvalue weighted by Crippen LogP contribution is -2.36. The molecule has 0 saturated heterocycles. The Hall–Kier alpha value is -1.68. The lowest BCUT2D eigenvalue weighted by atomic mass is 10.1. The standard InChI is InChI=1S/C14H20N2O2/c1-10-5-3-4-6-12(10)9-16-13(11(2)17)7-8-14(15)18/h3-6,13,16H,7-9H2,1-2H3,(H2,15,18)/t13-/m0/s1. The highest BCUT2D eigenvalue weighted by atomic mass is 16.1. The van der Waals surface area contributed by atoms with Crippen LogP contribution in [0.4, 0.5) is 0 Å². The van der Waals surface area contributed by atoms with Crippen LogP contribution in [0.3, 0.4) is 0 Å². The monoisotopic (exact) mass is 248 g/mol. The van der Waals surface area contributed by atoms with Crippen LogP contribution in [0.5, 0.6) is 0 Å². The van der Waals surface area contributed by atoms with Crippen LogP contribution >= 0.6 is 0 Å². The number of ketones is 1. The Kier molecular flexibility index (Phi) is 5.52. The van der Waals surface area contributed by atoms with Gasteiger partial charge in [0.2, 0.25) is 5.91 Å². The average Bonchev–Trinajstić information content (AvgIpc) is 2.30. The van der Waals surface area contributed by atoms with E-state index in [1.54, 1.807) is 0 Å². The van der Waals surface area contributed by atoms with Crippen LogP contribution < -0.4 is 11.1 Å². The largest absolute Gasteiger partial charge is 0.370 e. The maximum atomic E-state index is 11.4. The number of Topliss-reactive ketones (excluding diaryl/α,β-unsaturated/α-hetero) is 1. The van der Waals surface area contributed by atoms with E-state index in [0.717, 1.165) is 5.56 Å². The van der Waals surface area contributed by atoms with Crippen molar-refractivity contribution in [1.29, 1.82) is 0 Å². The van der Waals surface area contributed by atoms with E-state index >= 15 is 0 Å². The Balaban J connectivity index is 2.55. The summed E-state index contributed by atoms with van der Waals surface area (Å²) in [5, 5.41) is 3.17. The average molecular weight is 248 g/mol. The lowest BCUT2D eigenvalue weighted by Gasteiger charge is -2.16. The van der Waals surface area contributed by atoms with Crippen molar-refractivity contribution < 1.29 is 9.59 Å². The van der Waals surface area contributed by atoms with E-state index in [-0.39, 0.29) is 24.2 Å². The second kappa shape index (κ2) is 6.91. The summed E-state index contributed by atoms with van der Waals surface area (Å²) < 4.78 is 0. The number of primary amides is 1. The number of rotatable bonds is 7. The van der Waals surface area contributed by atoms with Crippen molar-refractivity contribution in [1.82, 2.24) is 5.32 Å². The fourth-order valence-electron chi connectivity index (χ4n) is 1.78. The molecule has 3 N–H and O–H groups in total. The van der Waals surface area contributed by atoms with Gasteiger partial charge in [-0.15, -0.1) is 0 Å². The molecule has 0 aliphatic rings. The summed E-state index contributed by atoms with van der Waals surface area (Å²) >= 11 is 0. The van der Waals surface area contributed by atoms with Crippen molar-refractivity contribution >= 4 is 11.7 Å². The molecule has 1 atom stereocenters. The number of nitrogens with one attached hydrogen (secondary N) is 1. The van der Waals surface area contributed by atoms with E-state index in [2.05, 4.69) is 5.32 Å². The predicted octanol–water partition coefficient (Wildman–Crippen LogP) is 1.31. The number of carbonyl (C=O) groups excluding carboxylic acids is 2. The molecule has 1 aromatic carbocycles. The lowest BCUT2D eigenvalue weighted by molar-refractivity contribution is -0.120. The molecular weight excluding hydrogens is 228 g/mol. The third-order valence-electron chi connectivity index (χ3n) is 2.97. The van der Waals surface area contributed by atoms with E-state index in [9.17, 15) is 9.59 Å². The minimum Gasteiger partial charge on any atom is -0.370 e. The summed E-state index contributed by atoms with van der Waals surface area (Å²) in [6, 6.07) is 7.69. The van der Waals surface area contributed by atoms with Gasteiger partial charge in [0.05, 0.1) is 6.04 Å². The normalized spacial score (nSPS) is 12.1. The third kappa shape index (κ3) is 4.67. The fraction of sp³-hybridized carbons (Fsp3) is 0.429. The fourth-order valence-corrected chi connectivity index (χ4v) is 1.78. The minimum atomic E-state index is -0.376. The van der Waals surface area contributed by atoms with Crippen LogP contribution in [0.15, 0.2) is 24.3 Å². The summed E-state index contributed by atoms with van der Waals surface area (Å²) in [4.78, 5) is 22.2. The number of carbonyl (C=O) groups is 2. The Bertz CT molecular complexity index is 430. The molecule has 0 heterocycles. The van der Waals surface area contributed by atoms with Crippen molar-refractivity contribution in [3.63, 3.8) is 0 Å². The third-order valence-corrected chi connectivity index (χ3v) is 2.97. The SMILES string of the molecule is CC(=O)[C@H](CCC(N)=O)NCc1ccccc1C. The van der Waals surface area contributed by atoms with Gasteiger partial charge in [0, 0.05) is 13.0 Å². The second-order valence-electron chi connectivity index (χ2n) is 4.48. The molecule has 0 aliphatic carbocycles. The second-order valence-corrected chi connectivity index (χ2v) is 4.48. The topological polar surface area (TPSA) is 72.2 Å². The number of hydrogen-bond acceptors (Lipinski definition) is 3. The van der Waals surface area contributed by atoms with Gasteiger partial charge >= 0.3 is 0 Å². The predicted molar refractivity (Wildman–Crippen MR) is 70.9 cm³/mol.